The predicted octanol–water partition coefficient (Wildman–Crippen LogP) is 3.27. The fourth-order valence-electron chi connectivity index (χ4n) is 1.90. The van der Waals surface area contributed by atoms with Crippen molar-refractivity contribution in [2.45, 2.75) is 40.5 Å². The van der Waals surface area contributed by atoms with Crippen LogP contribution in [0, 0.1) is 5.92 Å². The Hall–Kier alpha value is -0.850. The van der Waals surface area contributed by atoms with Gasteiger partial charge in [-0.15, -0.1) is 0 Å². The summed E-state index contributed by atoms with van der Waals surface area (Å²) in [7, 11) is 0. The Labute approximate surface area is 80.5 Å². The van der Waals surface area contributed by atoms with Crippen molar-refractivity contribution in [2.24, 2.45) is 5.92 Å². The molecule has 13 heavy (non-hydrogen) atoms. The van der Waals surface area contributed by atoms with Gasteiger partial charge in [-0.2, -0.15) is 0 Å². The lowest BCUT2D eigenvalue weighted by Crippen LogP contribution is -2.10. The second-order valence-electron chi connectivity index (χ2n) is 3.81. The van der Waals surface area contributed by atoms with Crippen molar-refractivity contribution in [3.63, 3.8) is 0 Å². The molecule has 1 aliphatic carbocycles. The van der Waals surface area contributed by atoms with Crippen LogP contribution >= 0.6 is 0 Å². The van der Waals surface area contributed by atoms with Gasteiger partial charge in [0.2, 0.25) is 0 Å². The third-order valence-electron chi connectivity index (χ3n) is 2.71. The van der Waals surface area contributed by atoms with E-state index < -0.39 is 0 Å². The van der Waals surface area contributed by atoms with Gasteiger partial charge in [0.15, 0.2) is 5.78 Å². The number of hydrogen-bond donors (Lipinski definition) is 0. The van der Waals surface area contributed by atoms with E-state index in [4.69, 9.17) is 0 Å². The molecule has 0 heterocycles. The SMILES string of the molecule is CCC1=CC(=C(C)C)C(=O)[C@@H]1CC. The van der Waals surface area contributed by atoms with E-state index in [1.807, 2.05) is 13.8 Å². The Kier molecular flexibility index (Phi) is 3.07. The summed E-state index contributed by atoms with van der Waals surface area (Å²) in [6, 6.07) is 0. The number of hydrogen-bond acceptors (Lipinski definition) is 1. The number of carbonyl (C=O) groups excluding carboxylic acids is 1. The quantitative estimate of drug-likeness (QED) is 0.593. The number of rotatable bonds is 2. The van der Waals surface area contributed by atoms with E-state index in [-0.39, 0.29) is 5.92 Å². The van der Waals surface area contributed by atoms with Crippen molar-refractivity contribution in [3.05, 3.63) is 22.8 Å². The Morgan fingerprint density at radius 3 is 2.31 bits per heavy atom. The smallest absolute Gasteiger partial charge is 0.169 e. The molecule has 0 bridgehead atoms. The molecule has 72 valence electrons. The van der Waals surface area contributed by atoms with Crippen LogP contribution in [0.3, 0.4) is 0 Å². The third-order valence-corrected chi connectivity index (χ3v) is 2.71. The lowest BCUT2D eigenvalue weighted by Gasteiger charge is -2.08. The first kappa shape index (κ1) is 10.2. The summed E-state index contributed by atoms with van der Waals surface area (Å²) in [6.45, 7) is 8.22. The van der Waals surface area contributed by atoms with E-state index in [9.17, 15) is 4.79 Å². The van der Waals surface area contributed by atoms with Gasteiger partial charge >= 0.3 is 0 Å². The first-order valence-corrected chi connectivity index (χ1v) is 5.03. The van der Waals surface area contributed by atoms with Crippen molar-refractivity contribution in [3.8, 4) is 0 Å². The van der Waals surface area contributed by atoms with Crippen LogP contribution in [0.4, 0.5) is 0 Å². The number of ketones is 1. The molecule has 1 rings (SSSR count). The van der Waals surface area contributed by atoms with Gasteiger partial charge in [-0.05, 0) is 26.7 Å². The van der Waals surface area contributed by atoms with E-state index in [0.717, 1.165) is 24.0 Å². The Balaban J connectivity index is 3.05. The van der Waals surface area contributed by atoms with E-state index in [1.54, 1.807) is 0 Å². The molecule has 0 aromatic rings. The molecule has 0 aliphatic heterocycles. The molecule has 0 fully saturated rings. The second-order valence-corrected chi connectivity index (χ2v) is 3.81. The first-order valence-electron chi connectivity index (χ1n) is 5.03. The maximum Gasteiger partial charge on any atom is 0.169 e. The van der Waals surface area contributed by atoms with E-state index in [1.165, 1.54) is 5.57 Å². The summed E-state index contributed by atoms with van der Waals surface area (Å²) < 4.78 is 0. The third kappa shape index (κ3) is 1.74. The van der Waals surface area contributed by atoms with E-state index in [2.05, 4.69) is 19.9 Å². The van der Waals surface area contributed by atoms with Crippen LogP contribution in [-0.2, 0) is 4.79 Å². The van der Waals surface area contributed by atoms with Gasteiger partial charge < -0.3 is 0 Å². The molecule has 0 radical (unpaired) electrons. The van der Waals surface area contributed by atoms with Gasteiger partial charge in [0.1, 0.15) is 0 Å². The molecule has 0 aromatic heterocycles. The fraction of sp³-hybridized carbons (Fsp3) is 0.583. The Morgan fingerprint density at radius 2 is 2.00 bits per heavy atom. The zero-order chi connectivity index (χ0) is 10.0. The fourth-order valence-corrected chi connectivity index (χ4v) is 1.90. The molecule has 0 saturated heterocycles. The molecule has 0 unspecified atom stereocenters. The normalized spacial score (nSPS) is 22.2. The van der Waals surface area contributed by atoms with Crippen LogP contribution in [0.5, 0.6) is 0 Å². The molecule has 0 N–H and O–H groups in total. The minimum atomic E-state index is 0.176. The molecule has 0 saturated carbocycles. The number of carbonyl (C=O) groups is 1. The molecule has 0 spiro atoms. The average Bonchev–Trinajstić information content (AvgIpc) is 2.41. The summed E-state index contributed by atoms with van der Waals surface area (Å²) in [4.78, 5) is 11.8. The van der Waals surface area contributed by atoms with Crippen molar-refractivity contribution in [2.75, 3.05) is 0 Å². The van der Waals surface area contributed by atoms with E-state index >= 15 is 0 Å². The van der Waals surface area contributed by atoms with Crippen LogP contribution < -0.4 is 0 Å². The molecule has 1 aliphatic rings. The Morgan fingerprint density at radius 1 is 1.38 bits per heavy atom. The highest BCUT2D eigenvalue weighted by molar-refractivity contribution is 6.05. The number of allylic oxidation sites excluding steroid dienone is 4. The molecular formula is C12H18O. The zero-order valence-corrected chi connectivity index (χ0v) is 8.98. The van der Waals surface area contributed by atoms with E-state index in [0.29, 0.717) is 5.78 Å². The molecular weight excluding hydrogens is 160 g/mol. The van der Waals surface area contributed by atoms with Crippen molar-refractivity contribution in [1.29, 1.82) is 0 Å². The van der Waals surface area contributed by atoms with Crippen molar-refractivity contribution < 1.29 is 4.79 Å². The molecule has 1 nitrogen and oxygen atoms in total. The molecule has 0 aromatic carbocycles. The van der Waals surface area contributed by atoms with Crippen LogP contribution in [-0.4, -0.2) is 5.78 Å². The summed E-state index contributed by atoms with van der Waals surface area (Å²) in [6.07, 6.45) is 4.03. The van der Waals surface area contributed by atoms with Crippen LogP contribution in [0.1, 0.15) is 40.5 Å². The molecule has 1 atom stereocenters. The summed E-state index contributed by atoms with van der Waals surface area (Å²) in [5.74, 6) is 0.509. The maximum atomic E-state index is 11.8. The highest BCUT2D eigenvalue weighted by atomic mass is 16.1. The summed E-state index contributed by atoms with van der Waals surface area (Å²) in [5, 5.41) is 0. The minimum Gasteiger partial charge on any atom is -0.294 e. The summed E-state index contributed by atoms with van der Waals surface area (Å²) in [5.41, 5.74) is 3.40. The molecule has 0 amide bonds. The minimum absolute atomic E-state index is 0.176. The topological polar surface area (TPSA) is 17.1 Å². The highest BCUT2D eigenvalue weighted by Crippen LogP contribution is 2.32. The maximum absolute atomic E-state index is 11.8. The highest BCUT2D eigenvalue weighted by Gasteiger charge is 2.28. The average molecular weight is 178 g/mol. The lowest BCUT2D eigenvalue weighted by molar-refractivity contribution is -0.117. The Bertz CT molecular complexity index is 277. The van der Waals surface area contributed by atoms with Gasteiger partial charge in [0.05, 0.1) is 0 Å². The number of Topliss-reactive ketones (excluding diaryl/α,β-unsaturated/α-hetero) is 1. The predicted molar refractivity (Wildman–Crippen MR) is 55.5 cm³/mol. The van der Waals surface area contributed by atoms with Crippen molar-refractivity contribution in [1.82, 2.24) is 0 Å². The lowest BCUT2D eigenvalue weighted by atomic mass is 9.95. The van der Waals surface area contributed by atoms with Gasteiger partial charge in [-0.25, -0.2) is 0 Å². The van der Waals surface area contributed by atoms with Gasteiger partial charge in [-0.1, -0.05) is 31.1 Å². The first-order chi connectivity index (χ1) is 6.11. The summed E-state index contributed by atoms with van der Waals surface area (Å²) >= 11 is 0. The van der Waals surface area contributed by atoms with Crippen LogP contribution in [0.25, 0.3) is 0 Å². The van der Waals surface area contributed by atoms with Crippen LogP contribution in [0.2, 0.25) is 0 Å². The molecule has 1 heteroatoms. The van der Waals surface area contributed by atoms with Gasteiger partial charge in [0.25, 0.3) is 0 Å². The monoisotopic (exact) mass is 178 g/mol. The zero-order valence-electron chi connectivity index (χ0n) is 8.98. The van der Waals surface area contributed by atoms with Gasteiger partial charge in [0, 0.05) is 11.5 Å². The van der Waals surface area contributed by atoms with Gasteiger partial charge in [-0.3, -0.25) is 4.79 Å². The van der Waals surface area contributed by atoms with Crippen molar-refractivity contribution >= 4 is 5.78 Å². The largest absolute Gasteiger partial charge is 0.294 e. The van der Waals surface area contributed by atoms with Crippen LogP contribution in [0.15, 0.2) is 22.8 Å². The standard InChI is InChI=1S/C12H18O/c1-5-9-7-11(8(3)4)12(13)10(9)6-2/h7,10H,5-6H2,1-4H3/t10-/m1/s1. The second kappa shape index (κ2) is 3.91.